The van der Waals surface area contributed by atoms with Crippen molar-refractivity contribution in [3.63, 3.8) is 0 Å². The molecule has 2 fully saturated rings. The minimum absolute atomic E-state index is 0.169. The van der Waals surface area contributed by atoms with Crippen molar-refractivity contribution in [1.29, 1.82) is 0 Å². The molecule has 0 aliphatic carbocycles. The summed E-state index contributed by atoms with van der Waals surface area (Å²) in [5, 5.41) is 5.21. The van der Waals surface area contributed by atoms with Crippen molar-refractivity contribution in [2.45, 2.75) is 44.2 Å². The Kier molecular flexibility index (Phi) is 6.43. The SMILES string of the molecule is CCOC(=O)CO/N=C/[C@@H]1[C@@H](c2ccc(Cl)c(Cl)c2)CC2CC[C@H]1N2C. The highest BCUT2D eigenvalue weighted by atomic mass is 35.5. The van der Waals surface area contributed by atoms with E-state index in [1.807, 2.05) is 24.4 Å². The van der Waals surface area contributed by atoms with Gasteiger partial charge in [-0.3, -0.25) is 4.90 Å². The molecule has 1 aromatic carbocycles. The molecule has 5 nitrogen and oxygen atoms in total. The molecule has 26 heavy (non-hydrogen) atoms. The first-order valence-corrected chi connectivity index (χ1v) is 9.74. The summed E-state index contributed by atoms with van der Waals surface area (Å²) in [5.74, 6) is 0.0824. The van der Waals surface area contributed by atoms with Gasteiger partial charge < -0.3 is 9.57 Å². The van der Waals surface area contributed by atoms with Crippen LogP contribution in [0.1, 0.15) is 37.7 Å². The monoisotopic (exact) mass is 398 g/mol. The number of halogens is 2. The maximum atomic E-state index is 11.4. The second-order valence-corrected chi connectivity index (χ2v) is 7.70. The highest BCUT2D eigenvalue weighted by Crippen LogP contribution is 2.46. The van der Waals surface area contributed by atoms with Crippen molar-refractivity contribution in [3.05, 3.63) is 33.8 Å². The quantitative estimate of drug-likeness (QED) is 0.410. The van der Waals surface area contributed by atoms with Crippen LogP contribution in [0.2, 0.25) is 10.0 Å². The van der Waals surface area contributed by atoms with Crippen LogP contribution in [-0.4, -0.2) is 49.4 Å². The minimum Gasteiger partial charge on any atom is -0.463 e. The van der Waals surface area contributed by atoms with Gasteiger partial charge in [-0.1, -0.05) is 34.4 Å². The number of esters is 1. The Morgan fingerprint density at radius 3 is 2.88 bits per heavy atom. The molecule has 2 aliphatic rings. The Bertz CT molecular complexity index is 683. The molecule has 0 aromatic heterocycles. The van der Waals surface area contributed by atoms with Gasteiger partial charge in [0, 0.05) is 24.2 Å². The van der Waals surface area contributed by atoms with E-state index in [4.69, 9.17) is 32.8 Å². The molecular weight excluding hydrogens is 375 g/mol. The number of nitrogens with zero attached hydrogens (tertiary/aromatic N) is 2. The molecule has 2 saturated heterocycles. The summed E-state index contributed by atoms with van der Waals surface area (Å²) in [5.41, 5.74) is 1.17. The second kappa shape index (κ2) is 8.59. The highest BCUT2D eigenvalue weighted by molar-refractivity contribution is 6.42. The van der Waals surface area contributed by atoms with Crippen molar-refractivity contribution in [3.8, 4) is 0 Å². The number of ether oxygens (including phenoxy) is 1. The first-order chi connectivity index (χ1) is 12.5. The summed E-state index contributed by atoms with van der Waals surface area (Å²) in [6, 6.07) is 6.83. The zero-order valence-corrected chi connectivity index (χ0v) is 16.5. The van der Waals surface area contributed by atoms with Crippen LogP contribution in [0.25, 0.3) is 0 Å². The zero-order valence-electron chi connectivity index (χ0n) is 15.0. The number of benzene rings is 1. The Balaban J connectivity index is 1.75. The van der Waals surface area contributed by atoms with E-state index in [9.17, 15) is 4.79 Å². The lowest BCUT2D eigenvalue weighted by Crippen LogP contribution is -2.46. The molecular formula is C19H24Cl2N2O3. The average molecular weight is 399 g/mol. The first-order valence-electron chi connectivity index (χ1n) is 8.99. The molecule has 4 atom stereocenters. The molecule has 2 aliphatic heterocycles. The number of piperidine rings is 1. The van der Waals surface area contributed by atoms with Gasteiger partial charge in [0.05, 0.1) is 16.7 Å². The normalized spacial score (nSPS) is 28.5. The maximum absolute atomic E-state index is 11.4. The lowest BCUT2D eigenvalue weighted by Gasteiger charge is -2.41. The van der Waals surface area contributed by atoms with Crippen LogP contribution >= 0.6 is 23.2 Å². The molecule has 142 valence electrons. The van der Waals surface area contributed by atoms with Gasteiger partial charge >= 0.3 is 5.97 Å². The predicted octanol–water partition coefficient (Wildman–Crippen LogP) is 4.13. The fourth-order valence-corrected chi connectivity index (χ4v) is 4.52. The number of hydrogen-bond acceptors (Lipinski definition) is 5. The van der Waals surface area contributed by atoms with Crippen LogP contribution in [0.4, 0.5) is 0 Å². The summed E-state index contributed by atoms with van der Waals surface area (Å²) in [6.07, 6.45) is 5.20. The van der Waals surface area contributed by atoms with E-state index < -0.39 is 5.97 Å². The van der Waals surface area contributed by atoms with Crippen LogP contribution in [0.15, 0.2) is 23.4 Å². The predicted molar refractivity (Wildman–Crippen MR) is 103 cm³/mol. The van der Waals surface area contributed by atoms with Gasteiger partial charge in [-0.05, 0) is 56.8 Å². The standard InChI is InChI=1S/C19H24Cl2N2O3/c1-3-25-19(24)11-26-22-10-15-14(9-13-5-7-18(15)23(13)2)12-4-6-16(20)17(21)8-12/h4,6,8,10,13-15,18H,3,5,7,9,11H2,1-2H3/b22-10+/t13?,14-,15-,18-/m1/s1. The molecule has 0 saturated carbocycles. The van der Waals surface area contributed by atoms with Crippen molar-refractivity contribution < 1.29 is 14.4 Å². The van der Waals surface area contributed by atoms with E-state index in [2.05, 4.69) is 17.1 Å². The largest absolute Gasteiger partial charge is 0.463 e. The smallest absolute Gasteiger partial charge is 0.347 e. The Morgan fingerprint density at radius 2 is 2.15 bits per heavy atom. The molecule has 7 heteroatoms. The van der Waals surface area contributed by atoms with Gasteiger partial charge in [0.15, 0.2) is 0 Å². The van der Waals surface area contributed by atoms with E-state index in [1.54, 1.807) is 6.92 Å². The molecule has 2 heterocycles. The molecule has 0 N–H and O–H groups in total. The minimum atomic E-state index is -0.410. The first kappa shape index (κ1) is 19.5. The van der Waals surface area contributed by atoms with Gasteiger partial charge in [-0.25, -0.2) is 4.79 Å². The van der Waals surface area contributed by atoms with Crippen molar-refractivity contribution in [1.82, 2.24) is 4.90 Å². The van der Waals surface area contributed by atoms with Gasteiger partial charge in [0.2, 0.25) is 6.61 Å². The molecule has 0 radical (unpaired) electrons. The van der Waals surface area contributed by atoms with Crippen LogP contribution < -0.4 is 0 Å². The van der Waals surface area contributed by atoms with Crippen LogP contribution in [0, 0.1) is 5.92 Å². The number of oxime groups is 1. The summed E-state index contributed by atoms with van der Waals surface area (Å²) in [4.78, 5) is 19.0. The van der Waals surface area contributed by atoms with Crippen molar-refractivity contribution in [2.75, 3.05) is 20.3 Å². The average Bonchev–Trinajstić information content (AvgIpc) is 2.86. The van der Waals surface area contributed by atoms with Gasteiger partial charge in [0.25, 0.3) is 0 Å². The second-order valence-electron chi connectivity index (χ2n) is 6.89. The Hall–Kier alpha value is -1.30. The molecule has 1 unspecified atom stereocenters. The van der Waals surface area contributed by atoms with Crippen LogP contribution in [0.5, 0.6) is 0 Å². The molecule has 2 bridgehead atoms. The van der Waals surface area contributed by atoms with Gasteiger partial charge in [-0.15, -0.1) is 0 Å². The van der Waals surface area contributed by atoms with E-state index >= 15 is 0 Å². The molecule has 0 spiro atoms. The van der Waals surface area contributed by atoms with Crippen molar-refractivity contribution >= 4 is 35.4 Å². The maximum Gasteiger partial charge on any atom is 0.347 e. The Labute approximate surface area is 164 Å². The van der Waals surface area contributed by atoms with Gasteiger partial charge in [-0.2, -0.15) is 0 Å². The summed E-state index contributed by atoms with van der Waals surface area (Å²) < 4.78 is 4.84. The third-order valence-corrected chi connectivity index (χ3v) is 6.24. The topological polar surface area (TPSA) is 51.1 Å². The van der Waals surface area contributed by atoms with Crippen LogP contribution in [-0.2, 0) is 14.4 Å². The van der Waals surface area contributed by atoms with E-state index in [0.717, 1.165) is 12.8 Å². The number of fused-ring (bicyclic) bond motifs is 2. The number of carbonyl (C=O) groups is 1. The van der Waals surface area contributed by atoms with Crippen LogP contribution in [0.3, 0.4) is 0 Å². The lowest BCUT2D eigenvalue weighted by molar-refractivity contribution is -0.148. The number of carbonyl (C=O) groups excluding carboxylic acids is 1. The fraction of sp³-hybridized carbons (Fsp3) is 0.579. The number of rotatable bonds is 6. The third-order valence-electron chi connectivity index (χ3n) is 5.50. The highest BCUT2D eigenvalue weighted by Gasteiger charge is 2.45. The number of hydrogen-bond donors (Lipinski definition) is 0. The van der Waals surface area contributed by atoms with E-state index in [1.165, 1.54) is 12.0 Å². The van der Waals surface area contributed by atoms with E-state index in [-0.39, 0.29) is 12.5 Å². The van der Waals surface area contributed by atoms with E-state index in [0.29, 0.717) is 34.7 Å². The third kappa shape index (κ3) is 4.16. The summed E-state index contributed by atoms with van der Waals surface area (Å²) in [6.45, 7) is 1.93. The van der Waals surface area contributed by atoms with Crippen molar-refractivity contribution in [2.24, 2.45) is 11.1 Å². The molecule has 1 aromatic rings. The fourth-order valence-electron chi connectivity index (χ4n) is 4.22. The molecule has 0 amide bonds. The molecule has 3 rings (SSSR count). The summed E-state index contributed by atoms with van der Waals surface area (Å²) >= 11 is 12.3. The zero-order chi connectivity index (χ0) is 18.7. The van der Waals surface area contributed by atoms with Gasteiger partial charge in [0.1, 0.15) is 0 Å². The summed E-state index contributed by atoms with van der Waals surface area (Å²) in [7, 11) is 2.17. The Morgan fingerprint density at radius 1 is 1.35 bits per heavy atom. The lowest BCUT2D eigenvalue weighted by atomic mass is 9.77.